The Morgan fingerprint density at radius 1 is 1.50 bits per heavy atom. The maximum Gasteiger partial charge on any atom is 0.127 e. The Morgan fingerprint density at radius 2 is 2.14 bits per heavy atom. The first-order valence-corrected chi connectivity index (χ1v) is 5.14. The van der Waals surface area contributed by atoms with Crippen molar-refractivity contribution in [2.45, 2.75) is 25.2 Å². The summed E-state index contributed by atoms with van der Waals surface area (Å²) in [6.45, 7) is 2.36. The minimum absolute atomic E-state index is 0.126. The first-order chi connectivity index (χ1) is 6.60. The fraction of sp³-hybridized carbons (Fsp3) is 0.455. The van der Waals surface area contributed by atoms with Gasteiger partial charge in [-0.2, -0.15) is 0 Å². The van der Waals surface area contributed by atoms with Crippen LogP contribution in [0.15, 0.2) is 12.1 Å². The average Bonchev–Trinajstić information content (AvgIpc) is 2.93. The molecule has 0 aliphatic heterocycles. The second-order valence-electron chi connectivity index (χ2n) is 4.01. The highest BCUT2D eigenvalue weighted by atomic mass is 35.5. The molecule has 0 atom stereocenters. The number of hydrogen-bond acceptors (Lipinski definition) is 1. The third-order valence-corrected chi connectivity index (χ3v) is 3.53. The van der Waals surface area contributed by atoms with Crippen molar-refractivity contribution in [1.82, 2.24) is 0 Å². The molecular weight excluding hydrogens is 201 g/mol. The van der Waals surface area contributed by atoms with Crippen LogP contribution in [0.1, 0.15) is 24.0 Å². The van der Waals surface area contributed by atoms with Crippen molar-refractivity contribution in [1.29, 1.82) is 0 Å². The van der Waals surface area contributed by atoms with E-state index in [1.165, 1.54) is 6.07 Å². The van der Waals surface area contributed by atoms with E-state index >= 15 is 0 Å². The van der Waals surface area contributed by atoms with E-state index < -0.39 is 0 Å². The van der Waals surface area contributed by atoms with Gasteiger partial charge in [-0.15, -0.1) is 0 Å². The second kappa shape index (κ2) is 3.21. The molecule has 1 aliphatic rings. The Balaban J connectivity index is 2.57. The second-order valence-corrected chi connectivity index (χ2v) is 4.42. The maximum absolute atomic E-state index is 13.6. The highest BCUT2D eigenvalue weighted by molar-refractivity contribution is 6.31. The lowest BCUT2D eigenvalue weighted by Gasteiger charge is -2.17. The number of benzene rings is 1. The van der Waals surface area contributed by atoms with Gasteiger partial charge in [-0.05, 0) is 43.0 Å². The van der Waals surface area contributed by atoms with E-state index in [9.17, 15) is 4.39 Å². The fourth-order valence-electron chi connectivity index (χ4n) is 2.01. The van der Waals surface area contributed by atoms with Crippen molar-refractivity contribution in [2.24, 2.45) is 5.73 Å². The van der Waals surface area contributed by atoms with E-state index in [0.717, 1.165) is 24.0 Å². The van der Waals surface area contributed by atoms with E-state index in [-0.39, 0.29) is 11.2 Å². The SMILES string of the molecule is Cc1c(Cl)ccc(F)c1C1(CN)CC1. The van der Waals surface area contributed by atoms with Crippen molar-refractivity contribution < 1.29 is 4.39 Å². The normalized spacial score (nSPS) is 18.3. The van der Waals surface area contributed by atoms with Gasteiger partial charge in [0.15, 0.2) is 0 Å². The van der Waals surface area contributed by atoms with Crippen LogP contribution in [0.2, 0.25) is 5.02 Å². The summed E-state index contributed by atoms with van der Waals surface area (Å²) in [6.07, 6.45) is 1.95. The van der Waals surface area contributed by atoms with Crippen LogP contribution < -0.4 is 5.73 Å². The van der Waals surface area contributed by atoms with Gasteiger partial charge in [0.2, 0.25) is 0 Å². The van der Waals surface area contributed by atoms with Crippen LogP contribution >= 0.6 is 11.6 Å². The fourth-order valence-corrected chi connectivity index (χ4v) is 2.17. The molecule has 1 aliphatic carbocycles. The first-order valence-electron chi connectivity index (χ1n) is 4.76. The van der Waals surface area contributed by atoms with Gasteiger partial charge >= 0.3 is 0 Å². The van der Waals surface area contributed by atoms with Gasteiger partial charge in [-0.3, -0.25) is 0 Å². The Labute approximate surface area is 88.1 Å². The molecule has 0 saturated heterocycles. The molecule has 1 saturated carbocycles. The molecule has 0 aromatic heterocycles. The number of nitrogens with two attached hydrogens (primary N) is 1. The Kier molecular flexibility index (Phi) is 2.28. The van der Waals surface area contributed by atoms with Crippen LogP contribution in [-0.2, 0) is 5.41 Å². The Bertz CT molecular complexity index is 372. The monoisotopic (exact) mass is 213 g/mol. The zero-order chi connectivity index (χ0) is 10.3. The zero-order valence-electron chi connectivity index (χ0n) is 8.11. The lowest BCUT2D eigenvalue weighted by atomic mass is 9.91. The van der Waals surface area contributed by atoms with Crippen LogP contribution in [0.3, 0.4) is 0 Å². The largest absolute Gasteiger partial charge is 0.330 e. The molecule has 2 N–H and O–H groups in total. The van der Waals surface area contributed by atoms with E-state index in [0.29, 0.717) is 11.6 Å². The lowest BCUT2D eigenvalue weighted by Crippen LogP contribution is -2.22. The van der Waals surface area contributed by atoms with Crippen molar-refractivity contribution in [3.63, 3.8) is 0 Å². The van der Waals surface area contributed by atoms with E-state index in [4.69, 9.17) is 17.3 Å². The highest BCUT2D eigenvalue weighted by Crippen LogP contribution is 2.50. The third kappa shape index (κ3) is 1.33. The molecule has 2 rings (SSSR count). The van der Waals surface area contributed by atoms with Gasteiger partial charge in [0, 0.05) is 17.0 Å². The molecule has 0 heterocycles. The summed E-state index contributed by atoms with van der Waals surface area (Å²) in [4.78, 5) is 0. The molecule has 1 nitrogen and oxygen atoms in total. The minimum atomic E-state index is -0.171. The van der Waals surface area contributed by atoms with Gasteiger partial charge in [0.1, 0.15) is 5.82 Å². The summed E-state index contributed by atoms with van der Waals surface area (Å²) in [5, 5.41) is 0.626. The van der Waals surface area contributed by atoms with Gasteiger partial charge in [-0.25, -0.2) is 4.39 Å². The van der Waals surface area contributed by atoms with Gasteiger partial charge in [-0.1, -0.05) is 11.6 Å². The molecule has 1 fully saturated rings. The van der Waals surface area contributed by atoms with Crippen molar-refractivity contribution >= 4 is 11.6 Å². The topological polar surface area (TPSA) is 26.0 Å². The summed E-state index contributed by atoms with van der Waals surface area (Å²) >= 11 is 5.97. The van der Waals surface area contributed by atoms with E-state index in [2.05, 4.69) is 0 Å². The Hall–Kier alpha value is -0.600. The maximum atomic E-state index is 13.6. The number of hydrogen-bond donors (Lipinski definition) is 1. The molecule has 0 spiro atoms. The average molecular weight is 214 g/mol. The summed E-state index contributed by atoms with van der Waals surface area (Å²) < 4.78 is 13.6. The predicted octanol–water partition coefficient (Wildman–Crippen LogP) is 2.78. The molecule has 3 heteroatoms. The van der Waals surface area contributed by atoms with E-state index in [1.54, 1.807) is 6.07 Å². The lowest BCUT2D eigenvalue weighted by molar-refractivity contribution is 0.570. The quantitative estimate of drug-likeness (QED) is 0.804. The molecule has 1 aromatic carbocycles. The van der Waals surface area contributed by atoms with Gasteiger partial charge < -0.3 is 5.73 Å². The molecular formula is C11H13ClFN. The molecule has 0 unspecified atom stereocenters. The standard InChI is InChI=1S/C11H13ClFN/c1-7-8(12)2-3-9(13)10(7)11(6-14)4-5-11/h2-3H,4-6,14H2,1H3. The van der Waals surface area contributed by atoms with Crippen molar-refractivity contribution in [3.05, 3.63) is 34.1 Å². The van der Waals surface area contributed by atoms with Crippen LogP contribution in [-0.4, -0.2) is 6.54 Å². The van der Waals surface area contributed by atoms with Gasteiger partial charge in [0.25, 0.3) is 0 Å². The summed E-state index contributed by atoms with van der Waals surface area (Å²) in [6, 6.07) is 3.03. The van der Waals surface area contributed by atoms with Crippen LogP contribution in [0.25, 0.3) is 0 Å². The van der Waals surface area contributed by atoms with Crippen molar-refractivity contribution in [3.8, 4) is 0 Å². The third-order valence-electron chi connectivity index (χ3n) is 3.12. The highest BCUT2D eigenvalue weighted by Gasteiger charge is 2.45. The molecule has 76 valence electrons. The zero-order valence-corrected chi connectivity index (χ0v) is 8.87. The van der Waals surface area contributed by atoms with Crippen LogP contribution in [0.5, 0.6) is 0 Å². The van der Waals surface area contributed by atoms with E-state index in [1.807, 2.05) is 6.92 Å². The summed E-state index contributed by atoms with van der Waals surface area (Å²) in [5.41, 5.74) is 7.12. The molecule has 0 bridgehead atoms. The minimum Gasteiger partial charge on any atom is -0.330 e. The molecule has 1 aromatic rings. The van der Waals surface area contributed by atoms with Crippen LogP contribution in [0.4, 0.5) is 4.39 Å². The smallest absolute Gasteiger partial charge is 0.127 e. The van der Waals surface area contributed by atoms with Gasteiger partial charge in [0.05, 0.1) is 0 Å². The number of halogens is 2. The number of rotatable bonds is 2. The molecule has 14 heavy (non-hydrogen) atoms. The Morgan fingerprint density at radius 3 is 2.64 bits per heavy atom. The predicted molar refractivity (Wildman–Crippen MR) is 56.1 cm³/mol. The van der Waals surface area contributed by atoms with Crippen LogP contribution in [0, 0.1) is 12.7 Å². The summed E-state index contributed by atoms with van der Waals surface area (Å²) in [5.74, 6) is -0.171. The summed E-state index contributed by atoms with van der Waals surface area (Å²) in [7, 11) is 0. The molecule has 0 amide bonds. The molecule has 0 radical (unpaired) electrons. The first kappa shape index (κ1) is 9.94. The van der Waals surface area contributed by atoms with Crippen molar-refractivity contribution in [2.75, 3.05) is 6.54 Å².